The Hall–Kier alpha value is -0.260. The van der Waals surface area contributed by atoms with Crippen LogP contribution < -0.4 is 5.32 Å². The summed E-state index contributed by atoms with van der Waals surface area (Å²) in [5.74, 6) is 1.06. The summed E-state index contributed by atoms with van der Waals surface area (Å²) in [6.07, 6.45) is 2.11. The van der Waals surface area contributed by atoms with Gasteiger partial charge in [-0.2, -0.15) is 11.8 Å². The Morgan fingerprint density at radius 1 is 1.57 bits per heavy atom. The lowest BCUT2D eigenvalue weighted by molar-refractivity contribution is -0.156. The molecule has 82 valence electrons. The first kappa shape index (κ1) is 11.8. The molecule has 0 bridgehead atoms. The zero-order valence-electron chi connectivity index (χ0n) is 8.32. The Morgan fingerprint density at radius 2 is 2.14 bits per heavy atom. The fraction of sp³-hybridized carbons (Fsp3) is 0.889. The lowest BCUT2D eigenvalue weighted by Gasteiger charge is -2.26. The molecule has 0 spiro atoms. The van der Waals surface area contributed by atoms with E-state index in [-0.39, 0.29) is 6.54 Å². The molecule has 14 heavy (non-hydrogen) atoms. The number of hydrogen-bond donors (Lipinski definition) is 3. The maximum absolute atomic E-state index is 10.6. The highest BCUT2D eigenvalue weighted by molar-refractivity contribution is 7.99. The van der Waals surface area contributed by atoms with E-state index in [2.05, 4.69) is 5.32 Å². The van der Waals surface area contributed by atoms with Crippen LogP contribution in [0.4, 0.5) is 0 Å². The first-order chi connectivity index (χ1) is 6.52. The number of hydrogen-bond acceptors (Lipinski definition) is 4. The highest BCUT2D eigenvalue weighted by atomic mass is 32.2. The van der Waals surface area contributed by atoms with Crippen LogP contribution >= 0.6 is 11.8 Å². The van der Waals surface area contributed by atoms with Gasteiger partial charge in [0, 0.05) is 12.6 Å². The zero-order valence-corrected chi connectivity index (χ0v) is 9.14. The molecule has 0 saturated carbocycles. The van der Waals surface area contributed by atoms with E-state index in [1.54, 1.807) is 0 Å². The van der Waals surface area contributed by atoms with E-state index in [1.807, 2.05) is 11.8 Å². The van der Waals surface area contributed by atoms with Gasteiger partial charge in [-0.05, 0) is 31.3 Å². The van der Waals surface area contributed by atoms with E-state index >= 15 is 0 Å². The van der Waals surface area contributed by atoms with Crippen LogP contribution in [-0.2, 0) is 4.79 Å². The normalized spacial score (nSPS) is 23.0. The predicted molar refractivity (Wildman–Crippen MR) is 56.6 cm³/mol. The van der Waals surface area contributed by atoms with Crippen LogP contribution in [0.15, 0.2) is 0 Å². The molecule has 1 saturated heterocycles. The summed E-state index contributed by atoms with van der Waals surface area (Å²) >= 11 is 1.92. The summed E-state index contributed by atoms with van der Waals surface area (Å²) in [5, 5.41) is 21.2. The second kappa shape index (κ2) is 5.00. The van der Waals surface area contributed by atoms with Crippen molar-refractivity contribution in [3.8, 4) is 0 Å². The summed E-state index contributed by atoms with van der Waals surface area (Å²) < 4.78 is 0. The summed E-state index contributed by atoms with van der Waals surface area (Å²) in [4.78, 5) is 10.6. The molecule has 0 amide bonds. The van der Waals surface area contributed by atoms with Crippen molar-refractivity contribution >= 4 is 17.7 Å². The van der Waals surface area contributed by atoms with Gasteiger partial charge >= 0.3 is 5.97 Å². The zero-order chi connectivity index (χ0) is 10.6. The van der Waals surface area contributed by atoms with Crippen LogP contribution in [0, 0.1) is 0 Å². The van der Waals surface area contributed by atoms with Crippen molar-refractivity contribution < 1.29 is 15.0 Å². The SMILES string of the molecule is CC(O)(CNC1CCSCC1)C(=O)O. The van der Waals surface area contributed by atoms with Crippen molar-refractivity contribution in [1.29, 1.82) is 0 Å². The largest absolute Gasteiger partial charge is 0.479 e. The van der Waals surface area contributed by atoms with Gasteiger partial charge in [-0.3, -0.25) is 0 Å². The molecule has 1 aliphatic rings. The average Bonchev–Trinajstić information content (AvgIpc) is 2.16. The van der Waals surface area contributed by atoms with Crippen molar-refractivity contribution in [3.63, 3.8) is 0 Å². The van der Waals surface area contributed by atoms with Gasteiger partial charge < -0.3 is 15.5 Å². The first-order valence-corrected chi connectivity index (χ1v) is 5.95. The minimum absolute atomic E-state index is 0.123. The van der Waals surface area contributed by atoms with Crippen LogP contribution in [0.1, 0.15) is 19.8 Å². The van der Waals surface area contributed by atoms with Crippen LogP contribution in [0.5, 0.6) is 0 Å². The van der Waals surface area contributed by atoms with Crippen molar-refractivity contribution in [3.05, 3.63) is 0 Å². The van der Waals surface area contributed by atoms with E-state index < -0.39 is 11.6 Å². The molecule has 1 unspecified atom stereocenters. The Morgan fingerprint density at radius 3 is 2.64 bits per heavy atom. The Balaban J connectivity index is 2.28. The van der Waals surface area contributed by atoms with Crippen LogP contribution in [0.2, 0.25) is 0 Å². The van der Waals surface area contributed by atoms with E-state index in [9.17, 15) is 9.90 Å². The van der Waals surface area contributed by atoms with Crippen LogP contribution in [0.3, 0.4) is 0 Å². The minimum Gasteiger partial charge on any atom is -0.479 e. The molecule has 4 nitrogen and oxygen atoms in total. The topological polar surface area (TPSA) is 69.6 Å². The first-order valence-electron chi connectivity index (χ1n) is 4.79. The maximum atomic E-state index is 10.6. The van der Waals surface area contributed by atoms with Gasteiger partial charge in [0.15, 0.2) is 5.60 Å². The molecule has 1 rings (SSSR count). The number of aliphatic carboxylic acids is 1. The van der Waals surface area contributed by atoms with E-state index in [4.69, 9.17) is 5.11 Å². The molecule has 1 fully saturated rings. The molecule has 3 N–H and O–H groups in total. The number of carbonyl (C=O) groups is 1. The number of carboxylic acids is 1. The Kier molecular flexibility index (Phi) is 4.22. The molecule has 0 radical (unpaired) electrons. The Bertz CT molecular complexity index is 202. The van der Waals surface area contributed by atoms with E-state index in [0.717, 1.165) is 24.3 Å². The van der Waals surface area contributed by atoms with Gasteiger partial charge in [-0.25, -0.2) is 4.79 Å². The maximum Gasteiger partial charge on any atom is 0.336 e. The fourth-order valence-electron chi connectivity index (χ4n) is 1.32. The Labute approximate surface area is 88.1 Å². The molecule has 0 aliphatic carbocycles. The molecular formula is C9H17NO3S. The van der Waals surface area contributed by atoms with Gasteiger partial charge in [0.1, 0.15) is 0 Å². The highest BCUT2D eigenvalue weighted by Crippen LogP contribution is 2.17. The quantitative estimate of drug-likeness (QED) is 0.635. The third-order valence-electron chi connectivity index (χ3n) is 2.42. The molecule has 1 heterocycles. The highest BCUT2D eigenvalue weighted by Gasteiger charge is 2.30. The van der Waals surface area contributed by atoms with Crippen LogP contribution in [-0.4, -0.2) is 45.9 Å². The van der Waals surface area contributed by atoms with Gasteiger partial charge in [-0.1, -0.05) is 0 Å². The summed E-state index contributed by atoms with van der Waals surface area (Å²) in [6.45, 7) is 1.44. The van der Waals surface area contributed by atoms with Gasteiger partial charge in [-0.15, -0.1) is 0 Å². The number of rotatable bonds is 4. The molecule has 0 aromatic carbocycles. The second-order valence-electron chi connectivity index (χ2n) is 3.85. The predicted octanol–water partition coefficient (Wildman–Crippen LogP) is 0.307. The van der Waals surface area contributed by atoms with Crippen LogP contribution in [0.25, 0.3) is 0 Å². The van der Waals surface area contributed by atoms with Crippen molar-refractivity contribution in [2.24, 2.45) is 0 Å². The smallest absolute Gasteiger partial charge is 0.336 e. The molecule has 1 atom stereocenters. The number of thioether (sulfide) groups is 1. The lowest BCUT2D eigenvalue weighted by atomic mass is 10.1. The summed E-state index contributed by atoms with van der Waals surface area (Å²) in [5.41, 5.74) is -1.65. The van der Waals surface area contributed by atoms with Crippen molar-refractivity contribution in [2.75, 3.05) is 18.1 Å². The number of nitrogens with one attached hydrogen (secondary N) is 1. The molecule has 0 aromatic heterocycles. The lowest BCUT2D eigenvalue weighted by Crippen LogP contribution is -2.48. The average molecular weight is 219 g/mol. The minimum atomic E-state index is -1.65. The third kappa shape index (κ3) is 3.48. The van der Waals surface area contributed by atoms with Gasteiger partial charge in [0.25, 0.3) is 0 Å². The summed E-state index contributed by atoms with van der Waals surface area (Å²) in [6, 6.07) is 0.363. The number of carboxylic acid groups (broad SMARTS) is 1. The van der Waals surface area contributed by atoms with Gasteiger partial charge in [0.2, 0.25) is 0 Å². The summed E-state index contributed by atoms with van der Waals surface area (Å²) in [7, 11) is 0. The monoisotopic (exact) mass is 219 g/mol. The van der Waals surface area contributed by atoms with E-state index in [0.29, 0.717) is 6.04 Å². The van der Waals surface area contributed by atoms with Crippen molar-refractivity contribution in [2.45, 2.75) is 31.4 Å². The van der Waals surface area contributed by atoms with Crippen molar-refractivity contribution in [1.82, 2.24) is 5.32 Å². The standard InChI is InChI=1S/C9H17NO3S/c1-9(13,8(11)12)6-10-7-2-4-14-5-3-7/h7,10,13H,2-6H2,1H3,(H,11,12). The third-order valence-corrected chi connectivity index (χ3v) is 3.47. The van der Waals surface area contributed by atoms with E-state index in [1.165, 1.54) is 6.92 Å². The molecule has 5 heteroatoms. The fourth-order valence-corrected chi connectivity index (χ4v) is 2.43. The van der Waals surface area contributed by atoms with Gasteiger partial charge in [0.05, 0.1) is 0 Å². The molecular weight excluding hydrogens is 202 g/mol. The molecule has 1 aliphatic heterocycles. The molecule has 0 aromatic rings. The second-order valence-corrected chi connectivity index (χ2v) is 5.07. The number of aliphatic hydroxyl groups is 1.